The average Bonchev–Trinajstić information content (AvgIpc) is 2.26. The Bertz CT molecular complexity index is 119. The number of likely N-dealkylation sites (N-methyl/N-ethyl adjacent to an activating group) is 1. The maximum Gasteiger partial charge on any atom is 0.0673 e. The number of hydrogen-bond donors (Lipinski definition) is 1. The fourth-order valence-corrected chi connectivity index (χ4v) is 1.55. The lowest BCUT2D eigenvalue weighted by Crippen LogP contribution is -2.35. The third-order valence-corrected chi connectivity index (χ3v) is 2.21. The van der Waals surface area contributed by atoms with E-state index in [1.54, 1.807) is 0 Å². The van der Waals surface area contributed by atoms with Gasteiger partial charge in [0.25, 0.3) is 0 Å². The minimum absolute atomic E-state index is 0.407. The van der Waals surface area contributed by atoms with Crippen LogP contribution in [0.4, 0.5) is 0 Å². The van der Waals surface area contributed by atoms with E-state index in [9.17, 15) is 0 Å². The highest BCUT2D eigenvalue weighted by Crippen LogP contribution is 2.03. The normalized spacial score (nSPS) is 27.0. The van der Waals surface area contributed by atoms with Crippen LogP contribution in [-0.2, 0) is 4.74 Å². The van der Waals surface area contributed by atoms with E-state index in [1.165, 1.54) is 13.0 Å². The van der Waals surface area contributed by atoms with Gasteiger partial charge in [0.1, 0.15) is 0 Å². The number of hydrogen-bond acceptors (Lipinski definition) is 3. The molecule has 3 nitrogen and oxygen atoms in total. The lowest BCUT2D eigenvalue weighted by Gasteiger charge is -2.21. The van der Waals surface area contributed by atoms with Crippen molar-refractivity contribution in [3.05, 3.63) is 0 Å². The molecule has 1 aliphatic heterocycles. The fourth-order valence-electron chi connectivity index (χ4n) is 1.55. The molecule has 0 saturated carbocycles. The lowest BCUT2D eigenvalue weighted by molar-refractivity contribution is 0.0680. The summed E-state index contributed by atoms with van der Waals surface area (Å²) in [5, 5.41) is 3.17. The number of nitrogens with one attached hydrogen (secondary N) is 1. The van der Waals surface area contributed by atoms with Gasteiger partial charge in [-0.15, -0.1) is 0 Å². The van der Waals surface area contributed by atoms with Gasteiger partial charge in [-0.3, -0.25) is 4.90 Å². The lowest BCUT2D eigenvalue weighted by atomic mass is 10.3. The van der Waals surface area contributed by atoms with Crippen LogP contribution >= 0.6 is 0 Å². The standard InChI is InChI=1S/C9H20N2O/c1-9-8-11(6-4-10-2)5-3-7-12-9/h9-10H,3-8H2,1-2H3. The Kier molecular flexibility index (Phi) is 4.58. The summed E-state index contributed by atoms with van der Waals surface area (Å²) >= 11 is 0. The molecular formula is C9H20N2O. The van der Waals surface area contributed by atoms with Gasteiger partial charge in [0.2, 0.25) is 0 Å². The molecule has 0 aromatic rings. The summed E-state index contributed by atoms with van der Waals surface area (Å²) in [6, 6.07) is 0. The average molecular weight is 172 g/mol. The molecule has 1 fully saturated rings. The molecule has 0 amide bonds. The van der Waals surface area contributed by atoms with Crippen LogP contribution in [0.2, 0.25) is 0 Å². The molecule has 1 unspecified atom stereocenters. The second kappa shape index (κ2) is 5.51. The minimum atomic E-state index is 0.407. The van der Waals surface area contributed by atoms with E-state index < -0.39 is 0 Å². The Labute approximate surface area is 75.1 Å². The van der Waals surface area contributed by atoms with Gasteiger partial charge in [0.15, 0.2) is 0 Å². The van der Waals surface area contributed by atoms with Crippen LogP contribution in [0.5, 0.6) is 0 Å². The van der Waals surface area contributed by atoms with E-state index in [1.807, 2.05) is 7.05 Å². The Morgan fingerprint density at radius 1 is 1.58 bits per heavy atom. The Hall–Kier alpha value is -0.120. The molecule has 1 N–H and O–H groups in total. The maximum absolute atomic E-state index is 5.55. The molecule has 0 bridgehead atoms. The molecule has 3 heteroatoms. The van der Waals surface area contributed by atoms with E-state index in [0.29, 0.717) is 6.10 Å². The van der Waals surface area contributed by atoms with Crippen LogP contribution < -0.4 is 5.32 Å². The summed E-state index contributed by atoms with van der Waals surface area (Å²) in [6.07, 6.45) is 1.58. The highest BCUT2D eigenvalue weighted by atomic mass is 16.5. The molecular weight excluding hydrogens is 152 g/mol. The molecule has 72 valence electrons. The first-order valence-corrected chi connectivity index (χ1v) is 4.81. The van der Waals surface area contributed by atoms with E-state index in [2.05, 4.69) is 17.1 Å². The molecule has 1 saturated heterocycles. The molecule has 0 spiro atoms. The quantitative estimate of drug-likeness (QED) is 0.663. The van der Waals surface area contributed by atoms with E-state index in [4.69, 9.17) is 4.74 Å². The van der Waals surface area contributed by atoms with Crippen LogP contribution in [0.3, 0.4) is 0 Å². The van der Waals surface area contributed by atoms with Crippen molar-refractivity contribution in [3.63, 3.8) is 0 Å². The SMILES string of the molecule is CNCCN1CCCOC(C)C1. The van der Waals surface area contributed by atoms with Gasteiger partial charge in [0, 0.05) is 32.8 Å². The molecule has 12 heavy (non-hydrogen) atoms. The van der Waals surface area contributed by atoms with Crippen molar-refractivity contribution in [2.75, 3.05) is 39.8 Å². The first kappa shape index (κ1) is 9.96. The highest BCUT2D eigenvalue weighted by Gasteiger charge is 2.13. The predicted molar refractivity (Wildman–Crippen MR) is 50.4 cm³/mol. The summed E-state index contributed by atoms with van der Waals surface area (Å²) in [7, 11) is 2.00. The van der Waals surface area contributed by atoms with Gasteiger partial charge in [-0.2, -0.15) is 0 Å². The van der Waals surface area contributed by atoms with Gasteiger partial charge in [-0.25, -0.2) is 0 Å². The van der Waals surface area contributed by atoms with Crippen LogP contribution in [0, 0.1) is 0 Å². The van der Waals surface area contributed by atoms with E-state index in [-0.39, 0.29) is 0 Å². The zero-order chi connectivity index (χ0) is 8.81. The van der Waals surface area contributed by atoms with Gasteiger partial charge in [-0.05, 0) is 20.4 Å². The van der Waals surface area contributed by atoms with E-state index >= 15 is 0 Å². The Morgan fingerprint density at radius 3 is 3.17 bits per heavy atom. The molecule has 0 radical (unpaired) electrons. The summed E-state index contributed by atoms with van der Waals surface area (Å²) in [6.45, 7) is 7.57. The van der Waals surface area contributed by atoms with Crippen LogP contribution in [-0.4, -0.2) is 50.8 Å². The minimum Gasteiger partial charge on any atom is -0.377 e. The van der Waals surface area contributed by atoms with Crippen molar-refractivity contribution in [2.45, 2.75) is 19.4 Å². The first-order valence-electron chi connectivity index (χ1n) is 4.81. The molecule has 1 aliphatic rings. The van der Waals surface area contributed by atoms with Crippen LogP contribution in [0.1, 0.15) is 13.3 Å². The van der Waals surface area contributed by atoms with Gasteiger partial charge >= 0.3 is 0 Å². The second-order valence-electron chi connectivity index (χ2n) is 3.44. The van der Waals surface area contributed by atoms with E-state index in [0.717, 1.165) is 26.2 Å². The van der Waals surface area contributed by atoms with Crippen molar-refractivity contribution in [3.8, 4) is 0 Å². The molecule has 1 rings (SSSR count). The molecule has 0 aromatic carbocycles. The summed E-state index contributed by atoms with van der Waals surface area (Å²) in [5.41, 5.74) is 0. The van der Waals surface area contributed by atoms with Crippen LogP contribution in [0.15, 0.2) is 0 Å². The van der Waals surface area contributed by atoms with Gasteiger partial charge in [-0.1, -0.05) is 0 Å². The third-order valence-electron chi connectivity index (χ3n) is 2.21. The van der Waals surface area contributed by atoms with Crippen LogP contribution in [0.25, 0.3) is 0 Å². The maximum atomic E-state index is 5.55. The van der Waals surface area contributed by atoms with Crippen molar-refractivity contribution in [1.82, 2.24) is 10.2 Å². The Balaban J connectivity index is 2.21. The van der Waals surface area contributed by atoms with Gasteiger partial charge < -0.3 is 10.1 Å². The Morgan fingerprint density at radius 2 is 2.42 bits per heavy atom. The summed E-state index contributed by atoms with van der Waals surface area (Å²) in [4.78, 5) is 2.47. The van der Waals surface area contributed by atoms with Crippen molar-refractivity contribution < 1.29 is 4.74 Å². The predicted octanol–water partition coefficient (Wildman–Crippen LogP) is 0.317. The topological polar surface area (TPSA) is 24.5 Å². The number of nitrogens with zero attached hydrogens (tertiary/aromatic N) is 1. The van der Waals surface area contributed by atoms with Crippen molar-refractivity contribution in [2.24, 2.45) is 0 Å². The fraction of sp³-hybridized carbons (Fsp3) is 1.00. The van der Waals surface area contributed by atoms with Gasteiger partial charge in [0.05, 0.1) is 6.10 Å². The third kappa shape index (κ3) is 3.52. The van der Waals surface area contributed by atoms with Crippen molar-refractivity contribution >= 4 is 0 Å². The first-order chi connectivity index (χ1) is 5.83. The number of rotatable bonds is 3. The van der Waals surface area contributed by atoms with Crippen molar-refractivity contribution in [1.29, 1.82) is 0 Å². The number of ether oxygens (including phenoxy) is 1. The molecule has 0 aliphatic carbocycles. The highest BCUT2D eigenvalue weighted by molar-refractivity contribution is 4.66. The zero-order valence-corrected chi connectivity index (χ0v) is 8.18. The summed E-state index contributed by atoms with van der Waals surface area (Å²) in [5.74, 6) is 0. The second-order valence-corrected chi connectivity index (χ2v) is 3.44. The molecule has 1 heterocycles. The molecule has 1 atom stereocenters. The smallest absolute Gasteiger partial charge is 0.0673 e. The molecule has 0 aromatic heterocycles. The largest absolute Gasteiger partial charge is 0.377 e. The zero-order valence-electron chi connectivity index (χ0n) is 8.18. The monoisotopic (exact) mass is 172 g/mol. The summed E-state index contributed by atoms with van der Waals surface area (Å²) < 4.78 is 5.55.